The second-order valence-corrected chi connectivity index (χ2v) is 10.4. The lowest BCUT2D eigenvalue weighted by Crippen LogP contribution is -2.52. The summed E-state index contributed by atoms with van der Waals surface area (Å²) in [7, 11) is 2.16. The standard InChI is InChI=1S/C29H35N7O/c1-34-15-5-8-23(34)20-37-29-32-26-19-35(27-10-4-7-21-6-2-3-9-24(21)27)16-12-25(26)28(33-29)36-17-14-31-18-22(36)11-13-30/h2-4,6-7,9-10,22-23,31H,5,8,11-12,14-20H2,1H3/t22?,23-/m0/s1. The Morgan fingerprint density at radius 1 is 1.08 bits per heavy atom. The van der Waals surface area contributed by atoms with Crippen molar-refractivity contribution in [1.82, 2.24) is 20.2 Å². The summed E-state index contributed by atoms with van der Waals surface area (Å²) in [6.07, 6.45) is 3.68. The summed E-state index contributed by atoms with van der Waals surface area (Å²) in [5.41, 5.74) is 3.48. The van der Waals surface area contributed by atoms with E-state index in [2.05, 4.69) is 75.6 Å². The van der Waals surface area contributed by atoms with Crippen molar-refractivity contribution in [3.05, 3.63) is 53.7 Å². The molecule has 2 atom stereocenters. The van der Waals surface area contributed by atoms with E-state index < -0.39 is 0 Å². The van der Waals surface area contributed by atoms with E-state index in [0.29, 0.717) is 31.6 Å². The van der Waals surface area contributed by atoms with Crippen LogP contribution < -0.4 is 19.9 Å². The maximum absolute atomic E-state index is 9.48. The minimum absolute atomic E-state index is 0.0997. The number of nitriles is 1. The number of likely N-dealkylation sites (N-methyl/N-ethyl adjacent to an activating group) is 1. The average Bonchev–Trinajstić information content (AvgIpc) is 3.35. The third kappa shape index (κ3) is 4.81. The molecule has 1 unspecified atom stereocenters. The van der Waals surface area contributed by atoms with Crippen molar-refractivity contribution in [2.45, 2.75) is 44.3 Å². The summed E-state index contributed by atoms with van der Waals surface area (Å²) in [5.74, 6) is 0.957. The molecule has 8 heteroatoms. The smallest absolute Gasteiger partial charge is 0.318 e. The van der Waals surface area contributed by atoms with Crippen molar-refractivity contribution < 1.29 is 4.74 Å². The largest absolute Gasteiger partial charge is 0.462 e. The summed E-state index contributed by atoms with van der Waals surface area (Å²) in [6.45, 7) is 5.83. The fourth-order valence-corrected chi connectivity index (χ4v) is 6.07. The van der Waals surface area contributed by atoms with Gasteiger partial charge in [-0.15, -0.1) is 0 Å². The Bertz CT molecular complexity index is 1300. The first-order valence-corrected chi connectivity index (χ1v) is 13.5. The van der Waals surface area contributed by atoms with Crippen LogP contribution in [-0.2, 0) is 13.0 Å². The van der Waals surface area contributed by atoms with Gasteiger partial charge in [-0.05, 0) is 44.3 Å². The zero-order valence-electron chi connectivity index (χ0n) is 21.6. The quantitative estimate of drug-likeness (QED) is 0.555. The minimum Gasteiger partial charge on any atom is -0.462 e. The van der Waals surface area contributed by atoms with E-state index in [4.69, 9.17) is 14.7 Å². The molecule has 0 amide bonds. The molecule has 1 N–H and O–H groups in total. The molecule has 1 aromatic heterocycles. The summed E-state index contributed by atoms with van der Waals surface area (Å²) in [6, 6.07) is 18.4. The topological polar surface area (TPSA) is 80.5 Å². The molecular weight excluding hydrogens is 462 g/mol. The van der Waals surface area contributed by atoms with Crippen LogP contribution in [0.2, 0.25) is 0 Å². The number of hydrogen-bond acceptors (Lipinski definition) is 8. The Labute approximate surface area is 218 Å². The van der Waals surface area contributed by atoms with Crippen LogP contribution in [0.25, 0.3) is 10.8 Å². The molecule has 6 rings (SSSR count). The lowest BCUT2D eigenvalue weighted by Gasteiger charge is -2.39. The summed E-state index contributed by atoms with van der Waals surface area (Å²) < 4.78 is 6.27. The number of hydrogen-bond donors (Lipinski definition) is 1. The van der Waals surface area contributed by atoms with Crippen LogP contribution in [0.1, 0.15) is 30.5 Å². The second kappa shape index (κ2) is 10.5. The van der Waals surface area contributed by atoms with Crippen molar-refractivity contribution in [2.75, 3.05) is 56.2 Å². The minimum atomic E-state index is 0.0997. The zero-order chi connectivity index (χ0) is 25.2. The van der Waals surface area contributed by atoms with Crippen LogP contribution in [0.15, 0.2) is 42.5 Å². The highest BCUT2D eigenvalue weighted by atomic mass is 16.5. The number of likely N-dealkylation sites (tertiary alicyclic amines) is 1. The highest BCUT2D eigenvalue weighted by Gasteiger charge is 2.31. The molecule has 37 heavy (non-hydrogen) atoms. The predicted molar refractivity (Wildman–Crippen MR) is 146 cm³/mol. The number of aromatic nitrogens is 2. The summed E-state index contributed by atoms with van der Waals surface area (Å²) >= 11 is 0. The van der Waals surface area contributed by atoms with E-state index in [1.807, 2.05) is 0 Å². The van der Waals surface area contributed by atoms with Crippen molar-refractivity contribution in [3.8, 4) is 12.1 Å². The van der Waals surface area contributed by atoms with Gasteiger partial charge in [-0.3, -0.25) is 0 Å². The first-order chi connectivity index (χ1) is 18.2. The maximum Gasteiger partial charge on any atom is 0.318 e. The number of rotatable bonds is 6. The number of nitrogens with one attached hydrogen (secondary N) is 1. The van der Waals surface area contributed by atoms with Gasteiger partial charge >= 0.3 is 6.01 Å². The normalized spacial score (nSPS) is 22.2. The molecule has 3 aromatic rings. The molecule has 192 valence electrons. The van der Waals surface area contributed by atoms with Gasteiger partial charge < -0.3 is 24.8 Å². The number of nitrogens with zero attached hydrogens (tertiary/aromatic N) is 6. The van der Waals surface area contributed by atoms with Crippen molar-refractivity contribution in [2.24, 2.45) is 0 Å². The van der Waals surface area contributed by atoms with Gasteiger partial charge in [0, 0.05) is 48.9 Å². The van der Waals surface area contributed by atoms with Gasteiger partial charge in [0.05, 0.1) is 30.8 Å². The monoisotopic (exact) mass is 497 g/mol. The van der Waals surface area contributed by atoms with Crippen molar-refractivity contribution >= 4 is 22.3 Å². The molecule has 2 aromatic carbocycles. The molecular formula is C29H35N7O. The van der Waals surface area contributed by atoms with Gasteiger partial charge in [0.15, 0.2) is 0 Å². The van der Waals surface area contributed by atoms with Gasteiger partial charge in [0.2, 0.25) is 0 Å². The average molecular weight is 498 g/mol. The fraction of sp³-hybridized carbons (Fsp3) is 0.483. The number of fused-ring (bicyclic) bond motifs is 2. The van der Waals surface area contributed by atoms with Gasteiger partial charge in [-0.25, -0.2) is 0 Å². The van der Waals surface area contributed by atoms with E-state index in [9.17, 15) is 5.26 Å². The first-order valence-electron chi connectivity index (χ1n) is 13.5. The van der Waals surface area contributed by atoms with E-state index in [-0.39, 0.29) is 6.04 Å². The lowest BCUT2D eigenvalue weighted by atomic mass is 10.0. The Hall–Kier alpha value is -3.41. The second-order valence-electron chi connectivity index (χ2n) is 10.4. The maximum atomic E-state index is 9.48. The van der Waals surface area contributed by atoms with Crippen molar-refractivity contribution in [1.29, 1.82) is 5.26 Å². The van der Waals surface area contributed by atoms with Gasteiger partial charge in [-0.1, -0.05) is 36.4 Å². The van der Waals surface area contributed by atoms with E-state index in [1.165, 1.54) is 28.4 Å². The molecule has 4 heterocycles. The molecule has 0 aliphatic carbocycles. The van der Waals surface area contributed by atoms with Gasteiger partial charge in [0.25, 0.3) is 0 Å². The zero-order valence-corrected chi connectivity index (χ0v) is 21.6. The molecule has 0 saturated carbocycles. The van der Waals surface area contributed by atoms with Crippen LogP contribution in [-0.4, -0.2) is 73.3 Å². The number of benzene rings is 2. The molecule has 0 spiro atoms. The Morgan fingerprint density at radius 3 is 2.84 bits per heavy atom. The summed E-state index contributed by atoms with van der Waals surface area (Å²) in [5, 5.41) is 15.4. The SMILES string of the molecule is CN1CCC[C@H]1COc1nc2c(c(N3CCNCC3CC#N)n1)CCN(c1cccc3ccccc13)C2. The Balaban J connectivity index is 1.35. The van der Waals surface area contributed by atoms with E-state index >= 15 is 0 Å². The molecule has 2 fully saturated rings. The first kappa shape index (κ1) is 24.0. The Kier molecular flexibility index (Phi) is 6.81. The lowest BCUT2D eigenvalue weighted by molar-refractivity contribution is 0.187. The van der Waals surface area contributed by atoms with E-state index in [1.54, 1.807) is 0 Å². The van der Waals surface area contributed by atoms with Gasteiger partial charge in [-0.2, -0.15) is 15.2 Å². The number of piperazine rings is 1. The third-order valence-electron chi connectivity index (χ3n) is 8.16. The number of anilines is 2. The summed E-state index contributed by atoms with van der Waals surface area (Å²) in [4.78, 5) is 17.1. The molecule has 3 aliphatic heterocycles. The number of ether oxygens (including phenoxy) is 1. The Morgan fingerprint density at radius 2 is 1.97 bits per heavy atom. The van der Waals surface area contributed by atoms with E-state index in [0.717, 1.165) is 57.1 Å². The van der Waals surface area contributed by atoms with Gasteiger partial charge in [0.1, 0.15) is 12.4 Å². The third-order valence-corrected chi connectivity index (χ3v) is 8.16. The van der Waals surface area contributed by atoms with Crippen LogP contribution in [0.4, 0.5) is 11.5 Å². The van der Waals surface area contributed by atoms with Crippen LogP contribution in [0, 0.1) is 11.3 Å². The highest BCUT2D eigenvalue weighted by Crippen LogP contribution is 2.35. The van der Waals surface area contributed by atoms with Crippen LogP contribution in [0.5, 0.6) is 6.01 Å². The molecule has 3 aliphatic rings. The molecule has 8 nitrogen and oxygen atoms in total. The predicted octanol–water partition coefficient (Wildman–Crippen LogP) is 3.36. The highest BCUT2D eigenvalue weighted by molar-refractivity contribution is 5.94. The molecule has 0 radical (unpaired) electrons. The van der Waals surface area contributed by atoms with Crippen LogP contribution in [0.3, 0.4) is 0 Å². The fourth-order valence-electron chi connectivity index (χ4n) is 6.07. The van der Waals surface area contributed by atoms with Crippen molar-refractivity contribution in [3.63, 3.8) is 0 Å². The van der Waals surface area contributed by atoms with Crippen LogP contribution >= 0.6 is 0 Å². The molecule has 2 saturated heterocycles. The molecule has 0 bridgehead atoms.